The van der Waals surface area contributed by atoms with Gasteiger partial charge in [-0.25, -0.2) is 8.78 Å². The number of rotatable bonds is 3. The number of fused-ring (bicyclic) bond motifs is 4. The molecule has 0 unspecified atom stereocenters. The van der Waals surface area contributed by atoms with Crippen LogP contribution in [0.3, 0.4) is 0 Å². The van der Waals surface area contributed by atoms with Gasteiger partial charge < -0.3 is 4.90 Å². The van der Waals surface area contributed by atoms with Gasteiger partial charge in [0, 0.05) is 49.8 Å². The number of carbonyl (C=O) groups is 1. The third kappa shape index (κ3) is 3.06. The molecule has 2 atom stereocenters. The van der Waals surface area contributed by atoms with E-state index in [4.69, 9.17) is 0 Å². The van der Waals surface area contributed by atoms with Crippen molar-refractivity contribution in [2.45, 2.75) is 44.7 Å². The summed E-state index contributed by atoms with van der Waals surface area (Å²) in [4.78, 5) is 17.0. The van der Waals surface area contributed by atoms with Gasteiger partial charge in [0.1, 0.15) is 11.6 Å². The monoisotopic (exact) mass is 334 g/mol. The second-order valence-electron chi connectivity index (χ2n) is 7.63. The number of amides is 1. The average Bonchev–Trinajstić information content (AvgIpc) is 2.80. The van der Waals surface area contributed by atoms with Gasteiger partial charge in [-0.05, 0) is 37.7 Å². The van der Waals surface area contributed by atoms with Gasteiger partial charge in [-0.1, -0.05) is 12.5 Å². The highest BCUT2D eigenvalue weighted by Gasteiger charge is 2.39. The first-order valence-corrected chi connectivity index (χ1v) is 9.07. The molecular formula is C19H24F2N2O. The van der Waals surface area contributed by atoms with Crippen LogP contribution in [0.25, 0.3) is 0 Å². The van der Waals surface area contributed by atoms with E-state index in [0.29, 0.717) is 23.9 Å². The lowest BCUT2D eigenvalue weighted by Crippen LogP contribution is -2.45. The highest BCUT2D eigenvalue weighted by atomic mass is 19.1. The molecule has 4 aliphatic rings. The normalized spacial score (nSPS) is 27.8. The first-order valence-electron chi connectivity index (χ1n) is 9.07. The first kappa shape index (κ1) is 16.0. The molecule has 0 radical (unpaired) electrons. The zero-order valence-corrected chi connectivity index (χ0v) is 13.9. The number of nitrogens with zero attached hydrogens (tertiary/aromatic N) is 2. The van der Waals surface area contributed by atoms with Crippen LogP contribution in [0.15, 0.2) is 18.2 Å². The number of carbonyl (C=O) groups excluding carboxylic acids is 1. The lowest BCUT2D eigenvalue weighted by molar-refractivity contribution is -0.138. The summed E-state index contributed by atoms with van der Waals surface area (Å²) in [5.41, 5.74) is 0.542. The molecule has 2 bridgehead atoms. The summed E-state index contributed by atoms with van der Waals surface area (Å²) < 4.78 is 27.1. The second kappa shape index (κ2) is 6.43. The number of piperidine rings is 1. The molecule has 4 fully saturated rings. The maximum Gasteiger partial charge on any atom is 0.225 e. The van der Waals surface area contributed by atoms with E-state index in [9.17, 15) is 13.6 Å². The molecule has 0 N–H and O–H groups in total. The minimum atomic E-state index is -0.536. The molecule has 3 heterocycles. The highest BCUT2D eigenvalue weighted by Crippen LogP contribution is 2.33. The van der Waals surface area contributed by atoms with Crippen molar-refractivity contribution in [3.8, 4) is 0 Å². The van der Waals surface area contributed by atoms with E-state index in [0.717, 1.165) is 51.4 Å². The van der Waals surface area contributed by atoms with Crippen molar-refractivity contribution in [3.05, 3.63) is 35.4 Å². The summed E-state index contributed by atoms with van der Waals surface area (Å²) in [7, 11) is 0. The molecule has 1 amide bonds. The van der Waals surface area contributed by atoms with Crippen LogP contribution in [0.4, 0.5) is 8.78 Å². The fraction of sp³-hybridized carbons (Fsp3) is 0.632. The van der Waals surface area contributed by atoms with E-state index < -0.39 is 11.6 Å². The molecule has 24 heavy (non-hydrogen) atoms. The minimum absolute atomic E-state index is 0.241. The zero-order chi connectivity index (χ0) is 16.7. The van der Waals surface area contributed by atoms with E-state index in [2.05, 4.69) is 9.80 Å². The van der Waals surface area contributed by atoms with Gasteiger partial charge in [0.05, 0.1) is 0 Å². The Morgan fingerprint density at radius 1 is 1.08 bits per heavy atom. The van der Waals surface area contributed by atoms with Crippen LogP contribution in [0.2, 0.25) is 0 Å². The molecule has 1 aromatic carbocycles. The standard InChI is InChI=1S/C19H24F2N2O/c20-16-6-5-15(18(21)8-16)11-22-9-13-4-7-17(22)12-23(10-13)19(24)14-2-1-3-14/h5-6,8,13-14,17H,1-4,7,9-12H2/t13-,17-/m0/s1. The van der Waals surface area contributed by atoms with Crippen molar-refractivity contribution in [1.29, 1.82) is 0 Å². The van der Waals surface area contributed by atoms with Crippen LogP contribution in [0.1, 0.15) is 37.7 Å². The summed E-state index contributed by atoms with van der Waals surface area (Å²) in [6.07, 6.45) is 5.45. The molecule has 1 aliphatic carbocycles. The quantitative estimate of drug-likeness (QED) is 0.848. The van der Waals surface area contributed by atoms with Crippen molar-refractivity contribution in [3.63, 3.8) is 0 Å². The smallest absolute Gasteiger partial charge is 0.225 e. The molecule has 1 saturated carbocycles. The molecule has 1 aromatic rings. The predicted molar refractivity (Wildman–Crippen MR) is 87.2 cm³/mol. The molecule has 0 spiro atoms. The largest absolute Gasteiger partial charge is 0.341 e. The van der Waals surface area contributed by atoms with E-state index in [1.54, 1.807) is 6.07 Å². The summed E-state index contributed by atoms with van der Waals surface area (Å²) in [6.45, 7) is 3.00. The SMILES string of the molecule is O=C(C1CCC1)N1C[C@H]2CC[C@@H](C1)N(Cc1ccc(F)cc1F)C2. The van der Waals surface area contributed by atoms with Crippen LogP contribution in [-0.2, 0) is 11.3 Å². The number of halogens is 2. The summed E-state index contributed by atoms with van der Waals surface area (Å²) in [6, 6.07) is 4.11. The predicted octanol–water partition coefficient (Wildman–Crippen LogP) is 3.19. The Hall–Kier alpha value is -1.49. The van der Waals surface area contributed by atoms with Gasteiger partial charge in [0.25, 0.3) is 0 Å². The van der Waals surface area contributed by atoms with Gasteiger partial charge >= 0.3 is 0 Å². The van der Waals surface area contributed by atoms with E-state index in [1.807, 2.05) is 0 Å². The summed E-state index contributed by atoms with van der Waals surface area (Å²) >= 11 is 0. The molecule has 130 valence electrons. The molecule has 5 heteroatoms. The third-order valence-electron chi connectivity index (χ3n) is 5.98. The Bertz CT molecular complexity index is 632. The van der Waals surface area contributed by atoms with Gasteiger partial charge in [0.15, 0.2) is 0 Å². The first-order chi connectivity index (χ1) is 11.6. The van der Waals surface area contributed by atoms with E-state index >= 15 is 0 Å². The van der Waals surface area contributed by atoms with Gasteiger partial charge in [0.2, 0.25) is 5.91 Å². The topological polar surface area (TPSA) is 23.6 Å². The van der Waals surface area contributed by atoms with Crippen LogP contribution in [0.5, 0.6) is 0 Å². The zero-order valence-electron chi connectivity index (χ0n) is 13.9. The molecule has 3 saturated heterocycles. The van der Waals surface area contributed by atoms with Gasteiger partial charge in [-0.3, -0.25) is 9.69 Å². The van der Waals surface area contributed by atoms with Crippen LogP contribution < -0.4 is 0 Å². The lowest BCUT2D eigenvalue weighted by atomic mass is 9.84. The minimum Gasteiger partial charge on any atom is -0.341 e. The number of hydrogen-bond acceptors (Lipinski definition) is 2. The molecule has 5 rings (SSSR count). The summed E-state index contributed by atoms with van der Waals surface area (Å²) in [5, 5.41) is 0. The van der Waals surface area contributed by atoms with Crippen molar-refractivity contribution in [1.82, 2.24) is 9.80 Å². The van der Waals surface area contributed by atoms with Gasteiger partial charge in [-0.15, -0.1) is 0 Å². The fourth-order valence-electron chi connectivity index (χ4n) is 4.33. The van der Waals surface area contributed by atoms with E-state index in [-0.39, 0.29) is 12.0 Å². The number of hydrogen-bond donors (Lipinski definition) is 0. The Morgan fingerprint density at radius 2 is 1.92 bits per heavy atom. The number of benzene rings is 1. The van der Waals surface area contributed by atoms with Crippen LogP contribution in [0, 0.1) is 23.5 Å². The molecule has 0 aromatic heterocycles. The van der Waals surface area contributed by atoms with Crippen LogP contribution >= 0.6 is 0 Å². The summed E-state index contributed by atoms with van der Waals surface area (Å²) in [5.74, 6) is 0.0261. The average molecular weight is 334 g/mol. The van der Waals surface area contributed by atoms with Gasteiger partial charge in [-0.2, -0.15) is 0 Å². The van der Waals surface area contributed by atoms with Crippen molar-refractivity contribution >= 4 is 5.91 Å². The Kier molecular flexibility index (Phi) is 4.29. The maximum absolute atomic E-state index is 14.0. The van der Waals surface area contributed by atoms with Crippen LogP contribution in [-0.4, -0.2) is 41.4 Å². The molecule has 3 nitrogen and oxygen atoms in total. The van der Waals surface area contributed by atoms with Crippen molar-refractivity contribution in [2.75, 3.05) is 19.6 Å². The molecule has 3 aliphatic heterocycles. The molecular weight excluding hydrogens is 310 g/mol. The van der Waals surface area contributed by atoms with Crippen molar-refractivity contribution < 1.29 is 13.6 Å². The Morgan fingerprint density at radius 3 is 2.62 bits per heavy atom. The highest BCUT2D eigenvalue weighted by molar-refractivity contribution is 5.79. The maximum atomic E-state index is 14.0. The Labute approximate surface area is 141 Å². The third-order valence-corrected chi connectivity index (χ3v) is 5.98. The fourth-order valence-corrected chi connectivity index (χ4v) is 4.33. The van der Waals surface area contributed by atoms with Crippen molar-refractivity contribution in [2.24, 2.45) is 11.8 Å². The second-order valence-corrected chi connectivity index (χ2v) is 7.63. The Balaban J connectivity index is 1.47. The van der Waals surface area contributed by atoms with E-state index in [1.165, 1.54) is 12.5 Å². The lowest BCUT2D eigenvalue weighted by Gasteiger charge is -2.36.